The third-order valence-electron chi connectivity index (χ3n) is 10.6. The van der Waals surface area contributed by atoms with Crippen LogP contribution >= 0.6 is 22.9 Å². The number of aliphatic imine (C=N–C) groups is 1. The number of carbonyl (C=O) groups is 1. The Bertz CT molecular complexity index is 2150. The molecule has 0 spiro atoms. The molecular formula is C35H34ClF3N8O3S. The Hall–Kier alpha value is -4.39. The molecule has 2 unspecified atom stereocenters. The summed E-state index contributed by atoms with van der Waals surface area (Å²) in [5, 5.41) is 20.8. The largest absolute Gasteiger partial charge is 0.465 e. The standard InChI is InChI=1S/C35H34ClF3N8O3S/c1-44(2)17-41-32-23(12-40)26-21(6-7-25(38)30(26)51-32)27-24(36)10-22-29(28(27)39)42-33(50-16-35-8-3-9-46(35)13-18(37)11-35)43-31(22)45-14-19-4-5-20(15-45)47(19)34(48)49/h6-7,10,17-20H,3-5,8-9,11,13-16H2,1-2H3,(H,48,49)/t18-,19?,20?,35+/m1/s1. The molecule has 11 nitrogen and oxygen atoms in total. The van der Waals surface area contributed by atoms with Crippen molar-refractivity contribution in [2.45, 2.75) is 55.9 Å². The normalized spacial score (nSPS) is 24.6. The number of rotatable bonds is 7. The van der Waals surface area contributed by atoms with Crippen LogP contribution in [0.25, 0.3) is 32.1 Å². The number of amides is 1. The first kappa shape index (κ1) is 33.7. The number of anilines is 1. The molecule has 266 valence electrons. The molecule has 16 heteroatoms. The van der Waals surface area contributed by atoms with Crippen LogP contribution < -0.4 is 9.64 Å². The van der Waals surface area contributed by atoms with Crippen molar-refractivity contribution < 1.29 is 27.8 Å². The molecule has 0 saturated carbocycles. The summed E-state index contributed by atoms with van der Waals surface area (Å²) in [5.41, 5.74) is -0.399. The highest BCUT2D eigenvalue weighted by atomic mass is 35.5. The van der Waals surface area contributed by atoms with E-state index in [9.17, 15) is 19.6 Å². The van der Waals surface area contributed by atoms with Gasteiger partial charge in [-0.3, -0.25) is 9.80 Å². The second kappa shape index (κ2) is 12.7. The van der Waals surface area contributed by atoms with Gasteiger partial charge in [0.1, 0.15) is 41.0 Å². The molecule has 2 aromatic carbocycles. The van der Waals surface area contributed by atoms with Gasteiger partial charge in [-0.15, -0.1) is 11.3 Å². The van der Waals surface area contributed by atoms with Crippen molar-refractivity contribution in [2.24, 2.45) is 4.99 Å². The van der Waals surface area contributed by atoms with Crippen LogP contribution in [-0.2, 0) is 0 Å². The molecule has 4 aromatic rings. The molecule has 4 fully saturated rings. The molecule has 0 radical (unpaired) electrons. The molecule has 2 aromatic heterocycles. The van der Waals surface area contributed by atoms with E-state index in [1.807, 2.05) is 4.90 Å². The summed E-state index contributed by atoms with van der Waals surface area (Å²) < 4.78 is 53.4. The summed E-state index contributed by atoms with van der Waals surface area (Å²) >= 11 is 7.90. The summed E-state index contributed by atoms with van der Waals surface area (Å²) in [6.07, 6.45) is 2.91. The van der Waals surface area contributed by atoms with Crippen molar-refractivity contribution in [2.75, 3.05) is 51.8 Å². The zero-order chi connectivity index (χ0) is 35.8. The summed E-state index contributed by atoms with van der Waals surface area (Å²) in [5.74, 6) is -1.06. The van der Waals surface area contributed by atoms with E-state index >= 15 is 8.78 Å². The third-order valence-corrected chi connectivity index (χ3v) is 12.0. The van der Waals surface area contributed by atoms with E-state index in [1.54, 1.807) is 25.1 Å². The number of hydrogen-bond acceptors (Lipinski definition) is 9. The maximum absolute atomic E-state index is 17.2. The van der Waals surface area contributed by atoms with Crippen LogP contribution in [0.1, 0.15) is 37.7 Å². The monoisotopic (exact) mass is 738 g/mol. The zero-order valence-electron chi connectivity index (χ0n) is 27.9. The van der Waals surface area contributed by atoms with Crippen molar-refractivity contribution >= 4 is 67.2 Å². The minimum Gasteiger partial charge on any atom is -0.465 e. The predicted octanol–water partition coefficient (Wildman–Crippen LogP) is 6.82. The lowest BCUT2D eigenvalue weighted by atomic mass is 9.95. The lowest BCUT2D eigenvalue weighted by molar-refractivity contribution is 0.107. The number of benzene rings is 2. The molecule has 0 aliphatic carbocycles. The lowest BCUT2D eigenvalue weighted by Gasteiger charge is -2.40. The van der Waals surface area contributed by atoms with Gasteiger partial charge in [0.2, 0.25) is 0 Å². The summed E-state index contributed by atoms with van der Waals surface area (Å²) in [6.45, 7) is 1.87. The maximum atomic E-state index is 17.2. The number of nitriles is 1. The Balaban J connectivity index is 1.28. The Morgan fingerprint density at radius 2 is 2.02 bits per heavy atom. The Kier molecular flexibility index (Phi) is 8.39. The van der Waals surface area contributed by atoms with Gasteiger partial charge in [-0.1, -0.05) is 17.7 Å². The number of aromatic nitrogens is 2. The highest BCUT2D eigenvalue weighted by Gasteiger charge is 2.49. The topological polar surface area (TPSA) is 121 Å². The highest BCUT2D eigenvalue weighted by molar-refractivity contribution is 7.23. The number of carboxylic acid groups (broad SMARTS) is 1. The van der Waals surface area contributed by atoms with Crippen LogP contribution in [-0.4, -0.2) is 113 Å². The minimum atomic E-state index is -0.980. The molecule has 6 heterocycles. The average Bonchev–Trinajstić information content (AvgIpc) is 3.81. The number of halogens is 4. The van der Waals surface area contributed by atoms with Crippen LogP contribution in [0.4, 0.5) is 28.8 Å². The van der Waals surface area contributed by atoms with E-state index in [1.165, 1.54) is 23.4 Å². The van der Waals surface area contributed by atoms with Gasteiger partial charge < -0.3 is 19.6 Å². The molecule has 4 saturated heterocycles. The summed E-state index contributed by atoms with van der Waals surface area (Å²) in [6, 6.07) is 5.63. The Morgan fingerprint density at radius 1 is 1.25 bits per heavy atom. The van der Waals surface area contributed by atoms with E-state index in [-0.39, 0.29) is 67.0 Å². The first-order chi connectivity index (χ1) is 24.5. The quantitative estimate of drug-likeness (QED) is 0.161. The van der Waals surface area contributed by atoms with Gasteiger partial charge >= 0.3 is 12.1 Å². The molecule has 4 aliphatic heterocycles. The number of nitrogens with zero attached hydrogens (tertiary/aromatic N) is 8. The van der Waals surface area contributed by atoms with Crippen LogP contribution in [0.3, 0.4) is 0 Å². The van der Waals surface area contributed by atoms with Crippen LogP contribution in [0.5, 0.6) is 6.01 Å². The van der Waals surface area contributed by atoms with E-state index in [0.29, 0.717) is 50.1 Å². The van der Waals surface area contributed by atoms with Gasteiger partial charge in [0.25, 0.3) is 0 Å². The molecular weight excluding hydrogens is 705 g/mol. The fourth-order valence-corrected chi connectivity index (χ4v) is 9.80. The van der Waals surface area contributed by atoms with Gasteiger partial charge in [-0.2, -0.15) is 15.2 Å². The van der Waals surface area contributed by atoms with E-state index in [0.717, 1.165) is 30.7 Å². The third kappa shape index (κ3) is 5.59. The van der Waals surface area contributed by atoms with Crippen LogP contribution in [0.15, 0.2) is 23.2 Å². The van der Waals surface area contributed by atoms with Gasteiger partial charge in [-0.05, 0) is 49.9 Å². The van der Waals surface area contributed by atoms with Crippen molar-refractivity contribution in [1.82, 2.24) is 24.7 Å². The van der Waals surface area contributed by atoms with E-state index < -0.39 is 29.4 Å². The number of hydrogen-bond donors (Lipinski definition) is 1. The number of ether oxygens (including phenoxy) is 1. The lowest BCUT2D eigenvalue weighted by Crippen LogP contribution is -2.55. The molecule has 4 aliphatic rings. The van der Waals surface area contributed by atoms with Gasteiger partial charge in [0, 0.05) is 56.5 Å². The number of piperazine rings is 1. The van der Waals surface area contributed by atoms with Crippen LogP contribution in [0.2, 0.25) is 5.02 Å². The minimum absolute atomic E-state index is 0.00701. The fraction of sp³-hybridized carbons (Fsp3) is 0.457. The smallest absolute Gasteiger partial charge is 0.407 e. The van der Waals surface area contributed by atoms with E-state index in [4.69, 9.17) is 21.3 Å². The number of alkyl halides is 1. The molecule has 2 bridgehead atoms. The Morgan fingerprint density at radius 3 is 2.73 bits per heavy atom. The SMILES string of the molecule is CN(C)C=Nc1sc2c(F)ccc(-c3c(Cl)cc4c(N5CC6CCC(C5)N6C(=O)O)nc(OC[C@@]56CCCN5C[C@H](F)C6)nc4c3F)c2c1C#N. The molecule has 1 N–H and O–H groups in total. The molecule has 51 heavy (non-hydrogen) atoms. The van der Waals surface area contributed by atoms with Crippen LogP contribution in [0, 0.1) is 23.0 Å². The predicted molar refractivity (Wildman–Crippen MR) is 189 cm³/mol. The second-order valence-electron chi connectivity index (χ2n) is 14.0. The second-order valence-corrected chi connectivity index (χ2v) is 15.4. The zero-order valence-corrected chi connectivity index (χ0v) is 29.4. The van der Waals surface area contributed by atoms with E-state index in [2.05, 4.69) is 20.9 Å². The first-order valence-electron chi connectivity index (χ1n) is 16.8. The maximum Gasteiger partial charge on any atom is 0.407 e. The first-order valence-corrected chi connectivity index (χ1v) is 18.0. The highest BCUT2D eigenvalue weighted by Crippen LogP contribution is 2.48. The van der Waals surface area contributed by atoms with Crippen molar-refractivity contribution in [3.8, 4) is 23.2 Å². The molecule has 4 atom stereocenters. The van der Waals surface area contributed by atoms with Gasteiger partial charge in [0.05, 0.1) is 39.2 Å². The van der Waals surface area contributed by atoms with Gasteiger partial charge in [-0.25, -0.2) is 23.0 Å². The number of thiophene rings is 1. The van der Waals surface area contributed by atoms with Crippen molar-refractivity contribution in [3.05, 3.63) is 40.4 Å². The van der Waals surface area contributed by atoms with Crippen molar-refractivity contribution in [1.29, 1.82) is 5.26 Å². The fourth-order valence-electron chi connectivity index (χ4n) is 8.48. The summed E-state index contributed by atoms with van der Waals surface area (Å²) in [4.78, 5) is 32.9. The van der Waals surface area contributed by atoms with Gasteiger partial charge in [0.15, 0.2) is 5.82 Å². The summed E-state index contributed by atoms with van der Waals surface area (Å²) in [7, 11) is 3.53. The van der Waals surface area contributed by atoms with Crippen molar-refractivity contribution in [3.63, 3.8) is 0 Å². The average molecular weight is 739 g/mol. The molecule has 8 rings (SSSR count). The molecule has 1 amide bonds. The Labute approximate surface area is 300 Å². The number of fused-ring (bicyclic) bond motifs is 5.